The van der Waals surface area contributed by atoms with Gasteiger partial charge in [-0.05, 0) is 6.54 Å². The third kappa shape index (κ3) is 3.00. The lowest BCUT2D eigenvalue weighted by Crippen LogP contribution is -2.28. The van der Waals surface area contributed by atoms with Crippen LogP contribution in [0.25, 0.3) is 0 Å². The maximum atomic E-state index is 11.5. The Morgan fingerprint density at radius 3 is 2.59 bits per heavy atom. The lowest BCUT2D eigenvalue weighted by atomic mass is 10.2. The zero-order valence-electron chi connectivity index (χ0n) is 9.75. The van der Waals surface area contributed by atoms with Gasteiger partial charge in [0.2, 0.25) is 5.91 Å². The van der Waals surface area contributed by atoms with E-state index in [2.05, 4.69) is 10.3 Å². The molecule has 8 heteroatoms. The lowest BCUT2D eigenvalue weighted by molar-refractivity contribution is -0.129. The third-order valence-electron chi connectivity index (χ3n) is 2.21. The molecule has 1 aromatic rings. The lowest BCUT2D eigenvalue weighted by Gasteiger charge is -2.11. The van der Waals surface area contributed by atoms with Crippen molar-refractivity contribution in [1.82, 2.24) is 19.9 Å². The van der Waals surface area contributed by atoms with Crippen molar-refractivity contribution in [3.8, 4) is 0 Å². The number of aromatic carboxylic acids is 1. The maximum Gasteiger partial charge on any atom is 0.358 e. The molecule has 0 atom stereocenters. The van der Waals surface area contributed by atoms with Gasteiger partial charge in [0.25, 0.3) is 0 Å². The first-order chi connectivity index (χ1) is 7.97. The van der Waals surface area contributed by atoms with E-state index in [1.54, 1.807) is 14.1 Å². The first-order valence-corrected chi connectivity index (χ1v) is 5.03. The largest absolute Gasteiger partial charge is 0.476 e. The van der Waals surface area contributed by atoms with Gasteiger partial charge in [0.15, 0.2) is 5.69 Å². The molecule has 0 aliphatic carbocycles. The summed E-state index contributed by atoms with van der Waals surface area (Å²) in [6.45, 7) is 0.229. The summed E-state index contributed by atoms with van der Waals surface area (Å²) < 4.78 is 1.28. The minimum atomic E-state index is -1.17. The van der Waals surface area contributed by atoms with Crippen molar-refractivity contribution in [2.45, 2.75) is 13.0 Å². The number of nitrogens with two attached hydrogens (primary N) is 1. The van der Waals surface area contributed by atoms with Gasteiger partial charge in [0, 0.05) is 20.5 Å². The number of carboxylic acid groups (broad SMARTS) is 1. The van der Waals surface area contributed by atoms with E-state index in [1.165, 1.54) is 9.58 Å². The Hall–Kier alpha value is -1.96. The standard InChI is InChI=1S/C9H15N5O3/c1-13(2)7(15)5-14-6(3-4-10)8(9(16)17)11-12-14/h3-5,10H2,1-2H3,(H,16,17). The molecule has 0 bridgehead atoms. The SMILES string of the molecule is CN(C)C(=O)Cn1nnc(C(=O)O)c1CCN. The quantitative estimate of drug-likeness (QED) is 0.653. The molecule has 3 N–H and O–H groups in total. The Bertz CT molecular complexity index is 426. The number of hydrogen-bond acceptors (Lipinski definition) is 5. The van der Waals surface area contributed by atoms with Crippen LogP contribution < -0.4 is 5.73 Å². The number of carbonyl (C=O) groups is 2. The second-order valence-corrected chi connectivity index (χ2v) is 3.67. The van der Waals surface area contributed by atoms with E-state index >= 15 is 0 Å². The van der Waals surface area contributed by atoms with Crippen LogP contribution in [-0.4, -0.2) is 57.5 Å². The van der Waals surface area contributed by atoms with Crippen LogP contribution in [0.5, 0.6) is 0 Å². The van der Waals surface area contributed by atoms with Crippen molar-refractivity contribution in [2.24, 2.45) is 5.73 Å². The molecule has 0 unspecified atom stereocenters. The van der Waals surface area contributed by atoms with Crippen molar-refractivity contribution in [3.63, 3.8) is 0 Å². The summed E-state index contributed by atoms with van der Waals surface area (Å²) in [6, 6.07) is 0. The molecule has 1 amide bonds. The van der Waals surface area contributed by atoms with Gasteiger partial charge in [-0.1, -0.05) is 5.21 Å². The molecular weight excluding hydrogens is 226 g/mol. The Labute approximate surface area is 98.0 Å². The zero-order valence-corrected chi connectivity index (χ0v) is 9.75. The molecule has 1 rings (SSSR count). The molecule has 17 heavy (non-hydrogen) atoms. The highest BCUT2D eigenvalue weighted by Crippen LogP contribution is 2.06. The molecule has 0 radical (unpaired) electrons. The summed E-state index contributed by atoms with van der Waals surface area (Å²) in [5.74, 6) is -1.36. The first-order valence-electron chi connectivity index (χ1n) is 5.03. The molecule has 0 aliphatic rings. The third-order valence-corrected chi connectivity index (χ3v) is 2.21. The second-order valence-electron chi connectivity index (χ2n) is 3.67. The van der Waals surface area contributed by atoms with Crippen molar-refractivity contribution >= 4 is 11.9 Å². The normalized spacial score (nSPS) is 10.3. The van der Waals surface area contributed by atoms with Crippen molar-refractivity contribution in [1.29, 1.82) is 0 Å². The van der Waals surface area contributed by atoms with E-state index < -0.39 is 5.97 Å². The van der Waals surface area contributed by atoms with Crippen LogP contribution in [0, 0.1) is 0 Å². The Morgan fingerprint density at radius 2 is 2.12 bits per heavy atom. The van der Waals surface area contributed by atoms with Crippen LogP contribution in [-0.2, 0) is 17.8 Å². The fourth-order valence-corrected chi connectivity index (χ4v) is 1.28. The average Bonchev–Trinajstić information content (AvgIpc) is 2.62. The fraction of sp³-hybridized carbons (Fsp3) is 0.556. The van der Waals surface area contributed by atoms with E-state index in [0.29, 0.717) is 12.1 Å². The summed E-state index contributed by atoms with van der Waals surface area (Å²) >= 11 is 0. The molecule has 1 heterocycles. The van der Waals surface area contributed by atoms with Crippen LogP contribution in [0.1, 0.15) is 16.2 Å². The Kier molecular flexibility index (Phi) is 4.16. The number of nitrogens with zero attached hydrogens (tertiary/aromatic N) is 4. The zero-order chi connectivity index (χ0) is 13.0. The average molecular weight is 241 g/mol. The summed E-state index contributed by atoms with van der Waals surface area (Å²) in [7, 11) is 3.22. The highest BCUT2D eigenvalue weighted by atomic mass is 16.4. The predicted octanol–water partition coefficient (Wildman–Crippen LogP) is -1.43. The predicted molar refractivity (Wildman–Crippen MR) is 58.4 cm³/mol. The van der Waals surface area contributed by atoms with Crippen LogP contribution >= 0.6 is 0 Å². The minimum Gasteiger partial charge on any atom is -0.476 e. The molecule has 8 nitrogen and oxygen atoms in total. The van der Waals surface area contributed by atoms with E-state index in [9.17, 15) is 9.59 Å². The molecule has 94 valence electrons. The number of amides is 1. The highest BCUT2D eigenvalue weighted by molar-refractivity contribution is 5.86. The summed E-state index contributed by atoms with van der Waals surface area (Å²) in [5, 5.41) is 16.1. The smallest absolute Gasteiger partial charge is 0.358 e. The first kappa shape index (κ1) is 13.1. The summed E-state index contributed by atoms with van der Waals surface area (Å²) in [4.78, 5) is 23.8. The molecular formula is C9H15N5O3. The number of aromatic nitrogens is 3. The van der Waals surface area contributed by atoms with Crippen LogP contribution in [0.3, 0.4) is 0 Å². The topological polar surface area (TPSA) is 114 Å². The van der Waals surface area contributed by atoms with Crippen LogP contribution in [0.4, 0.5) is 0 Å². The van der Waals surface area contributed by atoms with Crippen LogP contribution in [0.15, 0.2) is 0 Å². The maximum absolute atomic E-state index is 11.5. The number of likely N-dealkylation sites (N-methyl/N-ethyl adjacent to an activating group) is 1. The number of hydrogen-bond donors (Lipinski definition) is 2. The van der Waals surface area contributed by atoms with Crippen molar-refractivity contribution < 1.29 is 14.7 Å². The van der Waals surface area contributed by atoms with E-state index in [0.717, 1.165) is 0 Å². The summed E-state index contributed by atoms with van der Waals surface area (Å²) in [6.07, 6.45) is 0.315. The molecule has 0 aromatic carbocycles. The number of carbonyl (C=O) groups excluding carboxylic acids is 1. The van der Waals surface area contributed by atoms with Crippen molar-refractivity contribution in [2.75, 3.05) is 20.6 Å². The van der Waals surface area contributed by atoms with Gasteiger partial charge in [-0.3, -0.25) is 4.79 Å². The Morgan fingerprint density at radius 1 is 1.47 bits per heavy atom. The number of rotatable bonds is 5. The molecule has 0 saturated heterocycles. The van der Waals surface area contributed by atoms with E-state index in [1.807, 2.05) is 0 Å². The highest BCUT2D eigenvalue weighted by Gasteiger charge is 2.19. The van der Waals surface area contributed by atoms with E-state index in [4.69, 9.17) is 10.8 Å². The molecule has 0 fully saturated rings. The van der Waals surface area contributed by atoms with Gasteiger partial charge in [-0.25, -0.2) is 9.48 Å². The monoisotopic (exact) mass is 241 g/mol. The molecule has 1 aromatic heterocycles. The number of carboxylic acids is 1. The minimum absolute atomic E-state index is 0.0391. The summed E-state index contributed by atoms with van der Waals surface area (Å²) in [5.41, 5.74) is 5.61. The molecule has 0 spiro atoms. The van der Waals surface area contributed by atoms with Gasteiger partial charge in [-0.2, -0.15) is 0 Å². The van der Waals surface area contributed by atoms with E-state index in [-0.39, 0.29) is 24.7 Å². The Balaban J connectivity index is 2.99. The van der Waals surface area contributed by atoms with Gasteiger partial charge in [0.05, 0.1) is 5.69 Å². The van der Waals surface area contributed by atoms with Crippen LogP contribution in [0.2, 0.25) is 0 Å². The van der Waals surface area contributed by atoms with Crippen molar-refractivity contribution in [3.05, 3.63) is 11.4 Å². The van der Waals surface area contributed by atoms with Gasteiger partial charge in [-0.15, -0.1) is 5.10 Å². The molecule has 0 aliphatic heterocycles. The second kappa shape index (κ2) is 5.39. The van der Waals surface area contributed by atoms with Gasteiger partial charge in [0.1, 0.15) is 6.54 Å². The van der Waals surface area contributed by atoms with Gasteiger partial charge >= 0.3 is 5.97 Å². The molecule has 0 saturated carbocycles. The van der Waals surface area contributed by atoms with Gasteiger partial charge < -0.3 is 15.7 Å². The fourth-order valence-electron chi connectivity index (χ4n) is 1.28.